The van der Waals surface area contributed by atoms with Crippen LogP contribution in [0.25, 0.3) is 0 Å². The third-order valence-corrected chi connectivity index (χ3v) is 3.67. The molecule has 3 unspecified atom stereocenters. The Morgan fingerprint density at radius 2 is 1.95 bits per heavy atom. The molecule has 0 aromatic carbocycles. The fourth-order valence-corrected chi connectivity index (χ4v) is 2.38. The number of piperazine rings is 1. The van der Waals surface area contributed by atoms with Crippen molar-refractivity contribution in [2.45, 2.75) is 65.6 Å². The summed E-state index contributed by atoms with van der Waals surface area (Å²) in [6, 6.07) is -0.829. The first-order valence-electron chi connectivity index (χ1n) is 7.42. The number of nitrogens with one attached hydrogen (secondary N) is 1. The average molecular weight is 284 g/mol. The minimum Gasteiger partial charge on any atom is -0.374 e. The fourth-order valence-electron chi connectivity index (χ4n) is 2.38. The number of nitrogens with zero attached hydrogens (tertiary/aromatic N) is 1. The molecule has 0 radical (unpaired) electrons. The van der Waals surface area contributed by atoms with E-state index in [1.807, 2.05) is 34.6 Å². The standard InChI is InChI=1S/C15H28N2O3/c1-7-10(2)12-13(18)16-11(3)14(19)17(12)8-9-20-15(4,5)6/h10-12H,7-9H2,1-6H3,(H,16,18). The van der Waals surface area contributed by atoms with Crippen LogP contribution in [0.5, 0.6) is 0 Å². The predicted octanol–water partition coefficient (Wildman–Crippen LogP) is 1.56. The Kier molecular flexibility index (Phi) is 5.57. The van der Waals surface area contributed by atoms with Gasteiger partial charge in [-0.1, -0.05) is 20.3 Å². The third kappa shape index (κ3) is 4.20. The van der Waals surface area contributed by atoms with E-state index < -0.39 is 6.04 Å². The van der Waals surface area contributed by atoms with Crippen molar-refractivity contribution in [3.8, 4) is 0 Å². The number of carbonyl (C=O) groups excluding carboxylic acids is 2. The van der Waals surface area contributed by atoms with Crippen LogP contribution in [-0.2, 0) is 14.3 Å². The van der Waals surface area contributed by atoms with E-state index >= 15 is 0 Å². The van der Waals surface area contributed by atoms with Crippen molar-refractivity contribution in [3.63, 3.8) is 0 Å². The first-order chi connectivity index (χ1) is 9.17. The minimum atomic E-state index is -0.447. The molecule has 1 rings (SSSR count). The molecule has 20 heavy (non-hydrogen) atoms. The van der Waals surface area contributed by atoms with Gasteiger partial charge in [-0.05, 0) is 33.6 Å². The van der Waals surface area contributed by atoms with E-state index in [1.54, 1.807) is 11.8 Å². The van der Waals surface area contributed by atoms with Gasteiger partial charge in [0.15, 0.2) is 0 Å². The first-order valence-corrected chi connectivity index (χ1v) is 7.42. The molecule has 0 saturated carbocycles. The SMILES string of the molecule is CCC(C)C1C(=O)NC(C)C(=O)N1CCOC(C)(C)C. The van der Waals surface area contributed by atoms with Gasteiger partial charge in [-0.2, -0.15) is 0 Å². The lowest BCUT2D eigenvalue weighted by atomic mass is 9.93. The maximum Gasteiger partial charge on any atom is 0.245 e. The van der Waals surface area contributed by atoms with Gasteiger partial charge in [0.1, 0.15) is 12.1 Å². The molecule has 0 spiro atoms. The fraction of sp³-hybridized carbons (Fsp3) is 0.867. The summed E-state index contributed by atoms with van der Waals surface area (Å²) >= 11 is 0. The molecule has 116 valence electrons. The number of ether oxygens (including phenoxy) is 1. The van der Waals surface area contributed by atoms with Gasteiger partial charge in [-0.15, -0.1) is 0 Å². The molecule has 5 nitrogen and oxygen atoms in total. The molecule has 5 heteroatoms. The highest BCUT2D eigenvalue weighted by molar-refractivity contribution is 5.96. The van der Waals surface area contributed by atoms with E-state index in [0.717, 1.165) is 6.42 Å². The van der Waals surface area contributed by atoms with Crippen LogP contribution in [0.4, 0.5) is 0 Å². The smallest absolute Gasteiger partial charge is 0.245 e. The van der Waals surface area contributed by atoms with Crippen LogP contribution in [0.2, 0.25) is 0 Å². The number of carbonyl (C=O) groups is 2. The lowest BCUT2D eigenvalue weighted by molar-refractivity contribution is -0.152. The molecule has 1 aliphatic heterocycles. The summed E-state index contributed by atoms with van der Waals surface area (Å²) in [6.45, 7) is 12.6. The van der Waals surface area contributed by atoms with Crippen molar-refractivity contribution in [1.29, 1.82) is 0 Å². The van der Waals surface area contributed by atoms with E-state index in [2.05, 4.69) is 5.32 Å². The van der Waals surface area contributed by atoms with Gasteiger partial charge in [0.25, 0.3) is 0 Å². The Hall–Kier alpha value is -1.10. The minimum absolute atomic E-state index is 0.0209. The molecule has 3 atom stereocenters. The quantitative estimate of drug-likeness (QED) is 0.833. The van der Waals surface area contributed by atoms with Crippen molar-refractivity contribution in [3.05, 3.63) is 0 Å². The maximum atomic E-state index is 12.3. The highest BCUT2D eigenvalue weighted by Gasteiger charge is 2.40. The second-order valence-corrected chi connectivity index (χ2v) is 6.55. The molecule has 1 heterocycles. The number of hydrogen-bond donors (Lipinski definition) is 1. The Bertz CT molecular complexity index is 363. The topological polar surface area (TPSA) is 58.6 Å². The molecular weight excluding hydrogens is 256 g/mol. The number of rotatable bonds is 5. The maximum absolute atomic E-state index is 12.3. The Labute approximate surface area is 122 Å². The van der Waals surface area contributed by atoms with Crippen LogP contribution in [0.15, 0.2) is 0 Å². The number of hydrogen-bond acceptors (Lipinski definition) is 3. The highest BCUT2D eigenvalue weighted by atomic mass is 16.5. The normalized spacial score (nSPS) is 25.6. The predicted molar refractivity (Wildman–Crippen MR) is 78.3 cm³/mol. The van der Waals surface area contributed by atoms with E-state index in [-0.39, 0.29) is 29.4 Å². The Morgan fingerprint density at radius 3 is 2.45 bits per heavy atom. The van der Waals surface area contributed by atoms with Crippen LogP contribution in [0.1, 0.15) is 48.0 Å². The van der Waals surface area contributed by atoms with Crippen molar-refractivity contribution in [2.24, 2.45) is 5.92 Å². The summed E-state index contributed by atoms with van der Waals surface area (Å²) in [7, 11) is 0. The zero-order valence-corrected chi connectivity index (χ0v) is 13.5. The van der Waals surface area contributed by atoms with Crippen LogP contribution < -0.4 is 5.32 Å². The summed E-state index contributed by atoms with van der Waals surface area (Å²) in [5.41, 5.74) is -0.238. The van der Waals surface area contributed by atoms with E-state index in [9.17, 15) is 9.59 Å². The summed E-state index contributed by atoms with van der Waals surface area (Å²) in [4.78, 5) is 26.2. The zero-order valence-electron chi connectivity index (χ0n) is 13.5. The van der Waals surface area contributed by atoms with Gasteiger partial charge in [0, 0.05) is 6.54 Å². The van der Waals surface area contributed by atoms with Crippen molar-refractivity contribution in [2.75, 3.05) is 13.2 Å². The van der Waals surface area contributed by atoms with Crippen LogP contribution in [0, 0.1) is 5.92 Å². The van der Waals surface area contributed by atoms with Crippen molar-refractivity contribution in [1.82, 2.24) is 10.2 Å². The van der Waals surface area contributed by atoms with Crippen LogP contribution >= 0.6 is 0 Å². The summed E-state index contributed by atoms with van der Waals surface area (Å²) in [5.74, 6) is 0.0655. The molecule has 1 aliphatic rings. The van der Waals surface area contributed by atoms with Gasteiger partial charge in [-0.3, -0.25) is 9.59 Å². The van der Waals surface area contributed by atoms with Gasteiger partial charge in [-0.25, -0.2) is 0 Å². The van der Waals surface area contributed by atoms with Crippen LogP contribution in [-0.4, -0.2) is 47.6 Å². The van der Waals surface area contributed by atoms with Gasteiger partial charge in [0.2, 0.25) is 11.8 Å². The molecule has 1 N–H and O–H groups in total. The molecular formula is C15H28N2O3. The lowest BCUT2D eigenvalue weighted by Crippen LogP contribution is -2.64. The molecule has 0 aromatic heterocycles. The summed E-state index contributed by atoms with van der Waals surface area (Å²) < 4.78 is 5.69. The van der Waals surface area contributed by atoms with E-state index in [0.29, 0.717) is 13.2 Å². The van der Waals surface area contributed by atoms with Gasteiger partial charge in [0.05, 0.1) is 12.2 Å². The molecule has 2 amide bonds. The van der Waals surface area contributed by atoms with Crippen molar-refractivity contribution >= 4 is 11.8 Å². The third-order valence-electron chi connectivity index (χ3n) is 3.67. The molecule has 0 aromatic rings. The lowest BCUT2D eigenvalue weighted by Gasteiger charge is -2.40. The average Bonchev–Trinajstić information content (AvgIpc) is 2.33. The van der Waals surface area contributed by atoms with Gasteiger partial charge < -0.3 is 15.0 Å². The molecule has 0 bridgehead atoms. The Morgan fingerprint density at radius 1 is 1.35 bits per heavy atom. The van der Waals surface area contributed by atoms with Crippen molar-refractivity contribution < 1.29 is 14.3 Å². The van der Waals surface area contributed by atoms with Gasteiger partial charge >= 0.3 is 0 Å². The molecule has 0 aliphatic carbocycles. The molecule has 1 fully saturated rings. The first kappa shape index (κ1) is 17.0. The second-order valence-electron chi connectivity index (χ2n) is 6.55. The summed E-state index contributed by atoms with van der Waals surface area (Å²) in [6.07, 6.45) is 0.858. The molecule has 1 saturated heterocycles. The zero-order chi connectivity index (χ0) is 15.5. The van der Waals surface area contributed by atoms with Crippen LogP contribution in [0.3, 0.4) is 0 Å². The monoisotopic (exact) mass is 284 g/mol. The Balaban J connectivity index is 2.78. The van der Waals surface area contributed by atoms with E-state index in [4.69, 9.17) is 4.74 Å². The number of amides is 2. The second kappa shape index (κ2) is 6.57. The van der Waals surface area contributed by atoms with E-state index in [1.165, 1.54) is 0 Å². The highest BCUT2D eigenvalue weighted by Crippen LogP contribution is 2.20. The largest absolute Gasteiger partial charge is 0.374 e. The summed E-state index contributed by atoms with van der Waals surface area (Å²) in [5, 5.41) is 2.76.